The predicted molar refractivity (Wildman–Crippen MR) is 113 cm³/mol. The molecule has 4 heterocycles. The Labute approximate surface area is 190 Å². The summed E-state index contributed by atoms with van der Waals surface area (Å²) in [7, 11) is 0. The lowest BCUT2D eigenvalue weighted by molar-refractivity contribution is -0.136. The number of Topliss-reactive ketones (excluding diaryl/α,β-unsaturated/α-hetero) is 1. The SMILES string of the molecule is CC(C)(C)OC(=O)N1CC2(CC(=O)c3ccc4c(c3O2)CN(C2CCC(=O)NC2=O)C4=O)C1. The molecule has 10 heteroatoms. The van der Waals surface area contributed by atoms with Crippen molar-refractivity contribution in [3.63, 3.8) is 0 Å². The van der Waals surface area contributed by atoms with E-state index in [9.17, 15) is 24.0 Å². The number of amides is 4. The fourth-order valence-electron chi connectivity index (χ4n) is 4.87. The van der Waals surface area contributed by atoms with Crippen molar-refractivity contribution in [1.29, 1.82) is 0 Å². The average Bonchev–Trinajstić information content (AvgIpc) is 3.01. The molecule has 1 atom stereocenters. The van der Waals surface area contributed by atoms with Crippen LogP contribution in [-0.4, -0.2) is 69.7 Å². The van der Waals surface area contributed by atoms with Crippen molar-refractivity contribution in [3.05, 3.63) is 28.8 Å². The zero-order valence-corrected chi connectivity index (χ0v) is 18.7. The van der Waals surface area contributed by atoms with Gasteiger partial charge in [0.15, 0.2) is 11.4 Å². The van der Waals surface area contributed by atoms with E-state index >= 15 is 0 Å². The summed E-state index contributed by atoms with van der Waals surface area (Å²) in [4.78, 5) is 65.1. The molecule has 0 aliphatic carbocycles. The van der Waals surface area contributed by atoms with Crippen molar-refractivity contribution in [2.24, 2.45) is 0 Å². The molecule has 2 fully saturated rings. The van der Waals surface area contributed by atoms with Gasteiger partial charge in [-0.05, 0) is 39.3 Å². The molecule has 2 saturated heterocycles. The zero-order chi connectivity index (χ0) is 23.7. The summed E-state index contributed by atoms with van der Waals surface area (Å²) in [5, 5.41) is 2.28. The lowest BCUT2D eigenvalue weighted by atomic mass is 9.83. The summed E-state index contributed by atoms with van der Waals surface area (Å²) in [5.74, 6) is -0.956. The average molecular weight is 455 g/mol. The van der Waals surface area contributed by atoms with Crippen molar-refractivity contribution < 1.29 is 33.4 Å². The summed E-state index contributed by atoms with van der Waals surface area (Å²) < 4.78 is 11.7. The number of piperidine rings is 1. The minimum absolute atomic E-state index is 0.114. The second kappa shape index (κ2) is 7.03. The molecule has 1 N–H and O–H groups in total. The molecule has 0 radical (unpaired) electrons. The van der Waals surface area contributed by atoms with E-state index in [1.54, 1.807) is 32.9 Å². The number of nitrogens with zero attached hydrogens (tertiary/aromatic N) is 2. The molecule has 33 heavy (non-hydrogen) atoms. The highest BCUT2D eigenvalue weighted by molar-refractivity contribution is 6.08. The number of nitrogens with one attached hydrogen (secondary N) is 1. The molecule has 5 rings (SSSR count). The first-order valence-electron chi connectivity index (χ1n) is 11.0. The Morgan fingerprint density at radius 2 is 1.85 bits per heavy atom. The number of rotatable bonds is 1. The Morgan fingerprint density at radius 1 is 1.15 bits per heavy atom. The maximum absolute atomic E-state index is 13.1. The van der Waals surface area contributed by atoms with Crippen LogP contribution in [0.1, 0.15) is 66.3 Å². The largest absolute Gasteiger partial charge is 0.482 e. The van der Waals surface area contributed by atoms with Crippen LogP contribution in [0.2, 0.25) is 0 Å². The van der Waals surface area contributed by atoms with Gasteiger partial charge in [-0.2, -0.15) is 0 Å². The molecule has 1 spiro atoms. The second-order valence-electron chi connectivity index (χ2n) is 10.1. The van der Waals surface area contributed by atoms with Gasteiger partial charge in [0.05, 0.1) is 31.6 Å². The molecule has 1 unspecified atom stereocenters. The normalized spacial score (nSPS) is 23.5. The Morgan fingerprint density at radius 3 is 2.52 bits per heavy atom. The van der Waals surface area contributed by atoms with Crippen molar-refractivity contribution in [2.75, 3.05) is 13.1 Å². The minimum atomic E-state index is -0.860. The van der Waals surface area contributed by atoms with E-state index in [1.165, 1.54) is 9.80 Å². The van der Waals surface area contributed by atoms with Crippen LogP contribution in [0, 0.1) is 0 Å². The number of fused-ring (bicyclic) bond motifs is 3. The Balaban J connectivity index is 1.38. The van der Waals surface area contributed by atoms with Gasteiger partial charge < -0.3 is 14.4 Å². The summed E-state index contributed by atoms with van der Waals surface area (Å²) in [6.07, 6.45) is 0.0737. The van der Waals surface area contributed by atoms with Crippen LogP contribution >= 0.6 is 0 Å². The summed E-state index contributed by atoms with van der Waals surface area (Å²) in [6, 6.07) is 2.42. The molecule has 4 aliphatic rings. The maximum Gasteiger partial charge on any atom is 0.410 e. The van der Waals surface area contributed by atoms with Crippen LogP contribution in [-0.2, 0) is 20.9 Å². The van der Waals surface area contributed by atoms with Gasteiger partial charge in [0.25, 0.3) is 5.91 Å². The number of ether oxygens (including phenoxy) is 2. The number of hydrogen-bond donors (Lipinski definition) is 1. The molecule has 0 saturated carbocycles. The summed E-state index contributed by atoms with van der Waals surface area (Å²) in [5.41, 5.74) is -0.151. The standard InChI is InChI=1S/C23H25N3O7/c1-22(2,3)33-21(31)25-10-23(11-25)8-16(27)13-5-4-12-14(18(13)32-23)9-26(20(12)30)15-6-7-17(28)24-19(15)29/h4-5,15H,6-11H2,1-3H3,(H,24,28,29). The van der Waals surface area contributed by atoms with Crippen LogP contribution in [0.3, 0.4) is 0 Å². The first-order valence-corrected chi connectivity index (χ1v) is 11.0. The van der Waals surface area contributed by atoms with Crippen LogP contribution in [0.5, 0.6) is 5.75 Å². The van der Waals surface area contributed by atoms with E-state index in [2.05, 4.69) is 5.32 Å². The number of carbonyl (C=O) groups excluding carboxylic acids is 5. The zero-order valence-electron chi connectivity index (χ0n) is 18.7. The van der Waals surface area contributed by atoms with Gasteiger partial charge >= 0.3 is 6.09 Å². The van der Waals surface area contributed by atoms with Crippen molar-refractivity contribution >= 4 is 29.6 Å². The van der Waals surface area contributed by atoms with E-state index in [-0.39, 0.29) is 56.5 Å². The molecule has 10 nitrogen and oxygen atoms in total. The number of ketones is 1. The first kappa shape index (κ1) is 21.4. The third kappa shape index (κ3) is 3.53. The van der Waals surface area contributed by atoms with Crippen LogP contribution in [0.15, 0.2) is 12.1 Å². The van der Waals surface area contributed by atoms with Gasteiger partial charge in [-0.3, -0.25) is 29.4 Å². The highest BCUT2D eigenvalue weighted by Crippen LogP contribution is 2.44. The smallest absolute Gasteiger partial charge is 0.410 e. The van der Waals surface area contributed by atoms with Gasteiger partial charge in [-0.25, -0.2) is 4.79 Å². The lowest BCUT2D eigenvalue weighted by Gasteiger charge is -2.51. The van der Waals surface area contributed by atoms with Crippen molar-refractivity contribution in [1.82, 2.24) is 15.1 Å². The molecule has 1 aromatic carbocycles. The molecule has 1 aromatic rings. The fourth-order valence-corrected chi connectivity index (χ4v) is 4.87. The second-order valence-corrected chi connectivity index (χ2v) is 10.1. The van der Waals surface area contributed by atoms with E-state index in [0.717, 1.165) is 0 Å². The molecule has 0 aromatic heterocycles. The Kier molecular flexibility index (Phi) is 4.56. The Bertz CT molecular complexity index is 1110. The van der Waals surface area contributed by atoms with Crippen LogP contribution < -0.4 is 10.1 Å². The summed E-state index contributed by atoms with van der Waals surface area (Å²) in [6.45, 7) is 5.88. The summed E-state index contributed by atoms with van der Waals surface area (Å²) >= 11 is 0. The monoisotopic (exact) mass is 455 g/mol. The van der Waals surface area contributed by atoms with Crippen LogP contribution in [0.4, 0.5) is 4.79 Å². The van der Waals surface area contributed by atoms with E-state index in [4.69, 9.17) is 9.47 Å². The molecular weight excluding hydrogens is 430 g/mol. The number of likely N-dealkylation sites (tertiary alicyclic amines) is 1. The molecular formula is C23H25N3O7. The first-order chi connectivity index (χ1) is 15.5. The van der Waals surface area contributed by atoms with Crippen molar-refractivity contribution in [2.45, 2.75) is 63.8 Å². The molecule has 174 valence electrons. The minimum Gasteiger partial charge on any atom is -0.482 e. The van der Waals surface area contributed by atoms with Gasteiger partial charge in [-0.1, -0.05) is 0 Å². The molecule has 4 amide bonds. The van der Waals surface area contributed by atoms with Crippen molar-refractivity contribution in [3.8, 4) is 5.75 Å². The topological polar surface area (TPSA) is 122 Å². The Hall–Kier alpha value is -3.43. The quantitative estimate of drug-likeness (QED) is 0.635. The van der Waals surface area contributed by atoms with Gasteiger partial charge in [-0.15, -0.1) is 0 Å². The highest BCUT2D eigenvalue weighted by Gasteiger charge is 2.54. The third-order valence-electron chi connectivity index (χ3n) is 6.38. The number of imide groups is 1. The maximum atomic E-state index is 13.1. The number of hydrogen-bond acceptors (Lipinski definition) is 7. The molecule has 0 bridgehead atoms. The van der Waals surface area contributed by atoms with Gasteiger partial charge in [0.1, 0.15) is 17.4 Å². The van der Waals surface area contributed by atoms with E-state index in [0.29, 0.717) is 22.4 Å². The highest BCUT2D eigenvalue weighted by atomic mass is 16.6. The number of carbonyl (C=O) groups is 5. The third-order valence-corrected chi connectivity index (χ3v) is 6.38. The van der Waals surface area contributed by atoms with Gasteiger partial charge in [0, 0.05) is 17.5 Å². The van der Waals surface area contributed by atoms with Crippen LogP contribution in [0.25, 0.3) is 0 Å². The molecule has 4 aliphatic heterocycles. The number of benzene rings is 1. The van der Waals surface area contributed by atoms with E-state index < -0.39 is 29.2 Å². The van der Waals surface area contributed by atoms with E-state index in [1.807, 2.05) is 0 Å². The predicted octanol–water partition coefficient (Wildman–Crippen LogP) is 1.40. The lowest BCUT2D eigenvalue weighted by Crippen LogP contribution is -2.68. The fraction of sp³-hybridized carbons (Fsp3) is 0.522. The van der Waals surface area contributed by atoms with Gasteiger partial charge in [0.2, 0.25) is 11.8 Å².